The van der Waals surface area contributed by atoms with Gasteiger partial charge < -0.3 is 18.9 Å². The molecular formula is C28H38O6S6. The number of hydrogen-bond donors (Lipinski definition) is 0. The lowest BCUT2D eigenvalue weighted by molar-refractivity contribution is -0.144. The van der Waals surface area contributed by atoms with E-state index in [-0.39, 0.29) is 25.4 Å². The van der Waals surface area contributed by atoms with Gasteiger partial charge in [-0.2, -0.15) is 23.5 Å². The van der Waals surface area contributed by atoms with Crippen LogP contribution in [0.4, 0.5) is 0 Å². The number of esters is 2. The van der Waals surface area contributed by atoms with Gasteiger partial charge in [-0.05, 0) is 36.5 Å². The van der Waals surface area contributed by atoms with Crippen molar-refractivity contribution >= 4 is 82.5 Å². The van der Waals surface area contributed by atoms with E-state index in [4.69, 9.17) is 18.9 Å². The fraction of sp³-hybridized carbons (Fsp3) is 0.571. The monoisotopic (exact) mass is 662 g/mol. The molecule has 2 fully saturated rings. The van der Waals surface area contributed by atoms with E-state index < -0.39 is 11.9 Å². The molecule has 3 rings (SSSR count). The Balaban J connectivity index is 1.44. The van der Waals surface area contributed by atoms with E-state index in [0.29, 0.717) is 32.2 Å². The van der Waals surface area contributed by atoms with E-state index >= 15 is 0 Å². The maximum atomic E-state index is 11.9. The largest absolute Gasteiger partial charge is 0.490 e. The minimum absolute atomic E-state index is 0.233. The topological polar surface area (TPSA) is 71.1 Å². The molecule has 0 N–H and O–H groups in total. The molecular weight excluding hydrogens is 625 g/mol. The zero-order valence-electron chi connectivity index (χ0n) is 22.6. The Labute approximate surface area is 264 Å². The van der Waals surface area contributed by atoms with E-state index in [9.17, 15) is 9.59 Å². The number of carbonyl (C=O) groups is 2. The van der Waals surface area contributed by atoms with Crippen molar-refractivity contribution in [2.45, 2.75) is 34.2 Å². The molecule has 2 aliphatic heterocycles. The lowest BCUT2D eigenvalue weighted by Crippen LogP contribution is -2.27. The Morgan fingerprint density at radius 1 is 0.800 bits per heavy atom. The quantitative estimate of drug-likeness (QED) is 0.0870. The minimum atomic E-state index is -0.452. The van der Waals surface area contributed by atoms with Crippen LogP contribution in [0.3, 0.4) is 0 Å². The van der Waals surface area contributed by atoms with Gasteiger partial charge in [-0.15, -0.1) is 47.0 Å². The van der Waals surface area contributed by atoms with Gasteiger partial charge in [-0.3, -0.25) is 0 Å². The zero-order chi connectivity index (χ0) is 28.4. The Hall–Kier alpha value is -0.660. The van der Waals surface area contributed by atoms with Crippen molar-refractivity contribution in [3.63, 3.8) is 0 Å². The van der Waals surface area contributed by atoms with Gasteiger partial charge in [0, 0.05) is 52.7 Å². The van der Waals surface area contributed by atoms with Crippen LogP contribution in [0.25, 0.3) is 0 Å². The Morgan fingerprint density at radius 2 is 1.23 bits per heavy atom. The van der Waals surface area contributed by atoms with E-state index in [1.54, 1.807) is 29.6 Å². The molecule has 0 radical (unpaired) electrons. The van der Waals surface area contributed by atoms with Crippen LogP contribution in [0, 0.1) is 0 Å². The second kappa shape index (κ2) is 20.3. The molecule has 0 amide bonds. The summed E-state index contributed by atoms with van der Waals surface area (Å²) in [4.78, 5) is 23.7. The van der Waals surface area contributed by atoms with Crippen LogP contribution in [0.5, 0.6) is 11.5 Å². The molecule has 2 saturated heterocycles. The first kappa shape index (κ1) is 33.8. The van der Waals surface area contributed by atoms with Crippen LogP contribution < -0.4 is 9.47 Å². The van der Waals surface area contributed by atoms with E-state index in [1.165, 1.54) is 35.2 Å². The molecule has 1 aromatic carbocycles. The molecule has 0 aliphatic carbocycles. The number of rotatable bonds is 20. The third-order valence-electron chi connectivity index (χ3n) is 5.56. The Bertz CT molecular complexity index is 853. The van der Waals surface area contributed by atoms with Crippen molar-refractivity contribution in [1.82, 2.24) is 0 Å². The summed E-state index contributed by atoms with van der Waals surface area (Å²) >= 11 is 11.7. The first-order chi connectivity index (χ1) is 19.6. The highest BCUT2D eigenvalue weighted by Gasteiger charge is 2.20. The summed E-state index contributed by atoms with van der Waals surface area (Å²) in [5.41, 5.74) is 0. The van der Waals surface area contributed by atoms with Crippen LogP contribution in [0.15, 0.2) is 49.6 Å². The smallest absolute Gasteiger partial charge is 0.330 e. The van der Waals surface area contributed by atoms with Gasteiger partial charge in [0.15, 0.2) is 0 Å². The predicted molar refractivity (Wildman–Crippen MR) is 179 cm³/mol. The maximum absolute atomic E-state index is 11.9. The Morgan fingerprint density at radius 3 is 1.62 bits per heavy atom. The van der Waals surface area contributed by atoms with Crippen molar-refractivity contribution in [1.29, 1.82) is 0 Å². The summed E-state index contributed by atoms with van der Waals surface area (Å²) in [7, 11) is 0. The molecule has 2 heterocycles. The normalized spacial score (nSPS) is 17.2. The summed E-state index contributed by atoms with van der Waals surface area (Å²) < 4.78 is 24.4. The third kappa shape index (κ3) is 14.0. The summed E-state index contributed by atoms with van der Waals surface area (Å²) in [5.74, 6) is 8.59. The fourth-order valence-electron chi connectivity index (χ4n) is 3.63. The summed E-state index contributed by atoms with van der Waals surface area (Å²) in [6.07, 6.45) is 3.87. The second-order valence-corrected chi connectivity index (χ2v) is 16.8. The molecule has 2 unspecified atom stereocenters. The van der Waals surface area contributed by atoms with E-state index in [2.05, 4.69) is 13.2 Å². The van der Waals surface area contributed by atoms with Gasteiger partial charge in [0.1, 0.15) is 36.9 Å². The highest BCUT2D eigenvalue weighted by atomic mass is 32.2. The van der Waals surface area contributed by atoms with Gasteiger partial charge >= 0.3 is 11.9 Å². The lowest BCUT2D eigenvalue weighted by atomic mass is 10.3. The van der Waals surface area contributed by atoms with Crippen LogP contribution in [-0.4, -0.2) is 92.5 Å². The Kier molecular flexibility index (Phi) is 17.2. The molecule has 40 heavy (non-hydrogen) atoms. The SMILES string of the molecule is C=CC(=O)OC(COc1cccc(OCC(CSCCC2SCCS2)OC(=O)C=C)c1)CSCCC1SCCS1. The summed E-state index contributed by atoms with van der Waals surface area (Å²) in [6, 6.07) is 7.32. The molecule has 0 spiro atoms. The first-order valence-electron chi connectivity index (χ1n) is 13.2. The van der Waals surface area contributed by atoms with Gasteiger partial charge in [0.2, 0.25) is 0 Å². The van der Waals surface area contributed by atoms with Crippen LogP contribution >= 0.6 is 70.6 Å². The maximum Gasteiger partial charge on any atom is 0.330 e. The third-order valence-corrected chi connectivity index (χ3v) is 14.2. The number of benzene rings is 1. The van der Waals surface area contributed by atoms with Crippen LogP contribution in [-0.2, 0) is 19.1 Å². The molecule has 0 bridgehead atoms. The van der Waals surface area contributed by atoms with E-state index in [0.717, 1.165) is 24.3 Å². The van der Waals surface area contributed by atoms with Gasteiger partial charge in [-0.25, -0.2) is 9.59 Å². The average Bonchev–Trinajstić information content (AvgIpc) is 3.69. The van der Waals surface area contributed by atoms with Gasteiger partial charge in [-0.1, -0.05) is 19.2 Å². The van der Waals surface area contributed by atoms with E-state index in [1.807, 2.05) is 65.2 Å². The molecule has 12 heteroatoms. The van der Waals surface area contributed by atoms with Crippen molar-refractivity contribution in [3.8, 4) is 11.5 Å². The molecule has 2 atom stereocenters. The molecule has 1 aromatic rings. The van der Waals surface area contributed by atoms with Gasteiger partial charge in [0.25, 0.3) is 0 Å². The van der Waals surface area contributed by atoms with Crippen molar-refractivity contribution in [3.05, 3.63) is 49.6 Å². The second-order valence-electron chi connectivity index (χ2n) is 8.69. The number of carbonyl (C=O) groups excluding carboxylic acids is 2. The molecule has 222 valence electrons. The van der Waals surface area contributed by atoms with Crippen molar-refractivity contribution < 1.29 is 28.5 Å². The minimum Gasteiger partial charge on any atom is -0.490 e. The summed E-state index contributed by atoms with van der Waals surface area (Å²) in [6.45, 7) is 7.48. The molecule has 6 nitrogen and oxygen atoms in total. The molecule has 2 aliphatic rings. The highest BCUT2D eigenvalue weighted by Crippen LogP contribution is 2.36. The predicted octanol–water partition coefficient (Wildman–Crippen LogP) is 6.50. The number of ether oxygens (including phenoxy) is 4. The zero-order valence-corrected chi connectivity index (χ0v) is 27.5. The standard InChI is InChI=1S/C28H38O6S6/c1-3-25(29)33-23(19-35-10-8-27-37-12-13-38-27)17-31-21-6-5-7-22(16-21)32-18-24(34-26(30)4-2)20-36-11-9-28-39-14-15-40-28/h3-7,16,23-24,27-28H,1-2,8-15,17-20H2. The lowest BCUT2D eigenvalue weighted by Gasteiger charge is -2.19. The average molecular weight is 663 g/mol. The number of thioether (sulfide) groups is 6. The van der Waals surface area contributed by atoms with Crippen molar-refractivity contribution in [2.75, 3.05) is 59.2 Å². The van der Waals surface area contributed by atoms with Gasteiger partial charge in [0.05, 0.1) is 9.16 Å². The van der Waals surface area contributed by atoms with Crippen molar-refractivity contribution in [2.24, 2.45) is 0 Å². The first-order valence-corrected chi connectivity index (χ1v) is 19.7. The van der Waals surface area contributed by atoms with Crippen LogP contribution in [0.1, 0.15) is 12.8 Å². The van der Waals surface area contributed by atoms with Crippen LogP contribution in [0.2, 0.25) is 0 Å². The highest BCUT2D eigenvalue weighted by molar-refractivity contribution is 8.20. The summed E-state index contributed by atoms with van der Waals surface area (Å²) in [5, 5.41) is 0. The fourth-order valence-corrected chi connectivity index (χ4v) is 11.9. The molecule has 0 saturated carbocycles. The number of hydrogen-bond acceptors (Lipinski definition) is 12. The molecule has 0 aromatic heterocycles.